The first-order valence-electron chi connectivity index (χ1n) is 12.9. The molecule has 3 aromatic rings. The van der Waals surface area contributed by atoms with Gasteiger partial charge in [-0.3, -0.25) is 9.69 Å². The van der Waals surface area contributed by atoms with Crippen molar-refractivity contribution < 1.29 is 27.3 Å². The number of fused-ring (bicyclic) bond motifs is 1. The first kappa shape index (κ1) is 25.4. The number of alkyl halides is 3. The van der Waals surface area contributed by atoms with Crippen LogP contribution in [0.5, 0.6) is 0 Å². The molecule has 2 aromatic carbocycles. The predicted octanol–water partition coefficient (Wildman–Crippen LogP) is 4.85. The number of halogens is 3. The van der Waals surface area contributed by atoms with Gasteiger partial charge in [0.1, 0.15) is 19.0 Å². The highest BCUT2D eigenvalue weighted by atomic mass is 19.4. The number of carbonyl (C=O) groups is 1. The van der Waals surface area contributed by atoms with Crippen molar-refractivity contribution in [2.75, 3.05) is 18.1 Å². The minimum Gasteiger partial charge on any atom is -0.367 e. The van der Waals surface area contributed by atoms with E-state index in [0.29, 0.717) is 37.0 Å². The number of anilines is 1. The molecule has 1 unspecified atom stereocenters. The summed E-state index contributed by atoms with van der Waals surface area (Å²) >= 11 is 0. The van der Waals surface area contributed by atoms with Crippen molar-refractivity contribution in [1.82, 2.24) is 9.97 Å². The third-order valence-corrected chi connectivity index (χ3v) is 7.33. The van der Waals surface area contributed by atoms with E-state index in [1.165, 1.54) is 0 Å². The molecule has 0 radical (unpaired) electrons. The number of nitrogens with zero attached hydrogens (tertiary/aromatic N) is 5. The molecule has 6 rings (SSSR count). The summed E-state index contributed by atoms with van der Waals surface area (Å²) in [7, 11) is 0. The summed E-state index contributed by atoms with van der Waals surface area (Å²) < 4.78 is 47.0. The molecule has 200 valence electrons. The number of amides is 1. The molecule has 0 spiro atoms. The number of aliphatic imine (C=N–C) groups is 1. The molecule has 1 amide bonds. The molecule has 10 heteroatoms. The number of carbonyl (C=O) groups excluding carboxylic acids is 1. The molecule has 0 saturated carbocycles. The lowest BCUT2D eigenvalue weighted by Crippen LogP contribution is -2.44. The quantitative estimate of drug-likeness (QED) is 0.424. The van der Waals surface area contributed by atoms with Crippen LogP contribution in [0.4, 0.5) is 19.0 Å². The molecule has 1 atom stereocenters. The number of rotatable bonds is 6. The standard InChI is InChI=1S/C29H27F3N5O2/c1-17(2)22-5-3-4-6-23(22)26-33-12-20-11-25(38)37(28(20)35-26)13-18-7-9-19(10-8-18)27-34-24(29(30,31)32)14-36(27)21-15-39-16-21/h3-10,12,14,17,21,27H,11,13,15-16H2,1-2H3/q+1. The normalized spacial score (nSPS) is 19.3. The van der Waals surface area contributed by atoms with E-state index in [9.17, 15) is 18.0 Å². The van der Waals surface area contributed by atoms with Crippen molar-refractivity contribution in [3.8, 4) is 11.4 Å². The second kappa shape index (κ2) is 9.68. The lowest BCUT2D eigenvalue weighted by atomic mass is 9.97. The Morgan fingerprint density at radius 1 is 1.10 bits per heavy atom. The van der Waals surface area contributed by atoms with E-state index in [4.69, 9.17) is 9.72 Å². The molecule has 0 bridgehead atoms. The van der Waals surface area contributed by atoms with Crippen LogP contribution in [-0.4, -0.2) is 57.8 Å². The van der Waals surface area contributed by atoms with Gasteiger partial charge in [0.2, 0.25) is 17.7 Å². The third-order valence-electron chi connectivity index (χ3n) is 7.33. The number of aromatic nitrogens is 2. The zero-order valence-electron chi connectivity index (χ0n) is 21.5. The van der Waals surface area contributed by atoms with Crippen molar-refractivity contribution in [2.45, 2.75) is 51.1 Å². The highest BCUT2D eigenvalue weighted by Crippen LogP contribution is 2.34. The van der Waals surface area contributed by atoms with E-state index < -0.39 is 18.1 Å². The van der Waals surface area contributed by atoms with Crippen molar-refractivity contribution in [3.05, 3.63) is 77.0 Å². The van der Waals surface area contributed by atoms with Gasteiger partial charge in [0.05, 0.1) is 13.0 Å². The fourth-order valence-corrected chi connectivity index (χ4v) is 5.14. The maximum absolute atomic E-state index is 13.4. The van der Waals surface area contributed by atoms with Crippen molar-refractivity contribution >= 4 is 23.7 Å². The zero-order valence-corrected chi connectivity index (χ0v) is 21.5. The maximum Gasteiger partial charge on any atom is 0.439 e. The van der Waals surface area contributed by atoms with Gasteiger partial charge in [-0.1, -0.05) is 50.2 Å². The van der Waals surface area contributed by atoms with E-state index >= 15 is 0 Å². The molecule has 1 aromatic heterocycles. The summed E-state index contributed by atoms with van der Waals surface area (Å²) in [4.78, 5) is 27.9. The molecule has 7 nitrogen and oxygen atoms in total. The van der Waals surface area contributed by atoms with E-state index in [1.807, 2.05) is 30.3 Å². The van der Waals surface area contributed by atoms with Gasteiger partial charge in [-0.15, -0.1) is 0 Å². The molecule has 3 aliphatic heterocycles. The molecular weight excluding hydrogens is 507 g/mol. The second-order valence-corrected chi connectivity index (χ2v) is 10.3. The number of hydrogen-bond donors (Lipinski definition) is 0. The Kier molecular flexibility index (Phi) is 6.29. The SMILES string of the molecule is CC(C)c1ccccc1-c1ncc2c(n1)N(Cc1ccc(C3N=C(C(F)(F)F)C=[N+]3C3COC3)cc1)C(=O)C2. The van der Waals surface area contributed by atoms with Gasteiger partial charge in [-0.25, -0.2) is 15.0 Å². The molecule has 1 saturated heterocycles. The van der Waals surface area contributed by atoms with Crippen molar-refractivity contribution in [2.24, 2.45) is 4.99 Å². The van der Waals surface area contributed by atoms with Gasteiger partial charge in [-0.2, -0.15) is 17.7 Å². The third kappa shape index (κ3) is 4.73. The summed E-state index contributed by atoms with van der Waals surface area (Å²) in [6.07, 6.45) is -2.25. The minimum atomic E-state index is -4.52. The summed E-state index contributed by atoms with van der Waals surface area (Å²) in [5, 5.41) is 0. The molecule has 39 heavy (non-hydrogen) atoms. The van der Waals surface area contributed by atoms with Crippen LogP contribution < -0.4 is 4.90 Å². The van der Waals surface area contributed by atoms with E-state index in [-0.39, 0.29) is 24.3 Å². The van der Waals surface area contributed by atoms with Gasteiger partial charge in [0.15, 0.2) is 12.0 Å². The van der Waals surface area contributed by atoms with Crippen LogP contribution in [0.3, 0.4) is 0 Å². The topological polar surface area (TPSA) is 70.7 Å². The van der Waals surface area contributed by atoms with Crippen LogP contribution in [0.25, 0.3) is 11.4 Å². The Morgan fingerprint density at radius 2 is 1.85 bits per heavy atom. The van der Waals surface area contributed by atoms with E-state index in [2.05, 4.69) is 29.9 Å². The Morgan fingerprint density at radius 3 is 2.51 bits per heavy atom. The molecule has 3 aliphatic rings. The van der Waals surface area contributed by atoms with Crippen LogP contribution in [0, 0.1) is 0 Å². The number of benzene rings is 2. The Balaban J connectivity index is 1.25. The van der Waals surface area contributed by atoms with Gasteiger partial charge in [0, 0.05) is 22.9 Å². The van der Waals surface area contributed by atoms with E-state index in [1.54, 1.807) is 27.8 Å². The average molecular weight is 535 g/mol. The highest BCUT2D eigenvalue weighted by molar-refractivity contribution is 6.32. The summed E-state index contributed by atoms with van der Waals surface area (Å²) in [5.41, 5.74) is 3.43. The van der Waals surface area contributed by atoms with Crippen LogP contribution >= 0.6 is 0 Å². The molecule has 1 fully saturated rings. The van der Waals surface area contributed by atoms with Gasteiger partial charge in [-0.05, 0) is 29.2 Å². The monoisotopic (exact) mass is 534 g/mol. The van der Waals surface area contributed by atoms with Crippen molar-refractivity contribution in [1.29, 1.82) is 0 Å². The smallest absolute Gasteiger partial charge is 0.367 e. The summed E-state index contributed by atoms with van der Waals surface area (Å²) in [5.74, 6) is 1.38. The lowest BCUT2D eigenvalue weighted by Gasteiger charge is -2.25. The fourth-order valence-electron chi connectivity index (χ4n) is 5.14. The summed E-state index contributed by atoms with van der Waals surface area (Å²) in [6, 6.07) is 15.0. The van der Waals surface area contributed by atoms with E-state index in [0.717, 1.165) is 28.5 Å². The summed E-state index contributed by atoms with van der Waals surface area (Å²) in [6.45, 7) is 5.26. The zero-order chi connectivity index (χ0) is 27.3. The minimum absolute atomic E-state index is 0.0707. The average Bonchev–Trinajstić information content (AvgIpc) is 3.45. The van der Waals surface area contributed by atoms with Gasteiger partial charge >= 0.3 is 6.18 Å². The van der Waals surface area contributed by atoms with Crippen LogP contribution in [-0.2, 0) is 22.5 Å². The number of hydrogen-bond acceptors (Lipinski definition) is 5. The Hall–Kier alpha value is -3.92. The lowest BCUT2D eigenvalue weighted by molar-refractivity contribution is -0.620. The highest BCUT2D eigenvalue weighted by Gasteiger charge is 2.47. The molecular formula is C29H27F3N5O2+. The van der Waals surface area contributed by atoms with Crippen molar-refractivity contribution in [3.63, 3.8) is 0 Å². The van der Waals surface area contributed by atoms with Crippen LogP contribution in [0.15, 0.2) is 59.7 Å². The predicted molar refractivity (Wildman–Crippen MR) is 140 cm³/mol. The number of ether oxygens (including phenoxy) is 1. The second-order valence-electron chi connectivity index (χ2n) is 10.3. The fraction of sp³-hybridized carbons (Fsp3) is 0.345. The first-order valence-corrected chi connectivity index (χ1v) is 12.9. The van der Waals surface area contributed by atoms with Gasteiger partial charge < -0.3 is 4.74 Å². The molecule has 0 aliphatic carbocycles. The Labute approximate surface area is 223 Å². The Bertz CT molecular complexity index is 1490. The van der Waals surface area contributed by atoms with Gasteiger partial charge in [0.25, 0.3) is 6.17 Å². The first-order chi connectivity index (χ1) is 18.7. The van der Waals surface area contributed by atoms with Crippen LogP contribution in [0.1, 0.15) is 48.2 Å². The maximum atomic E-state index is 13.4. The van der Waals surface area contributed by atoms with Crippen LogP contribution in [0.2, 0.25) is 0 Å². The molecule has 4 heterocycles. The largest absolute Gasteiger partial charge is 0.439 e. The molecule has 0 N–H and O–H groups in total.